The molecule has 1 aromatic carbocycles. The van der Waals surface area contributed by atoms with E-state index in [1.165, 1.54) is 11.3 Å². The van der Waals surface area contributed by atoms with Gasteiger partial charge in [0.25, 0.3) is 0 Å². The van der Waals surface area contributed by atoms with E-state index >= 15 is 0 Å². The van der Waals surface area contributed by atoms with Gasteiger partial charge in [-0.1, -0.05) is 22.0 Å². The number of hydrogen-bond donors (Lipinski definition) is 0. The van der Waals surface area contributed by atoms with Gasteiger partial charge in [-0.2, -0.15) is 0 Å². The van der Waals surface area contributed by atoms with Crippen molar-refractivity contribution in [2.24, 2.45) is 0 Å². The fourth-order valence-electron chi connectivity index (χ4n) is 2.14. The monoisotopic (exact) mass is 326 g/mol. The van der Waals surface area contributed by atoms with Crippen LogP contribution in [0.5, 0.6) is 0 Å². The van der Waals surface area contributed by atoms with Gasteiger partial charge in [0.2, 0.25) is 0 Å². The molecule has 0 aromatic heterocycles. The Morgan fingerprint density at radius 2 is 2.00 bits per heavy atom. The van der Waals surface area contributed by atoms with Crippen molar-refractivity contribution in [1.29, 1.82) is 0 Å². The average molecular weight is 327 g/mol. The van der Waals surface area contributed by atoms with Crippen molar-refractivity contribution < 1.29 is 9.53 Å². The van der Waals surface area contributed by atoms with E-state index in [1.807, 2.05) is 6.92 Å². The second kappa shape index (κ2) is 6.28. The van der Waals surface area contributed by atoms with Gasteiger partial charge in [0.15, 0.2) is 0 Å². The first kappa shape index (κ1) is 14.2. The van der Waals surface area contributed by atoms with Crippen LogP contribution < -0.4 is 4.90 Å². The van der Waals surface area contributed by atoms with Crippen molar-refractivity contribution in [3.05, 3.63) is 28.2 Å². The Labute approximate surface area is 122 Å². The maximum atomic E-state index is 11.6. The molecule has 0 bridgehead atoms. The molecule has 4 nitrogen and oxygen atoms in total. The van der Waals surface area contributed by atoms with Crippen LogP contribution in [0.3, 0.4) is 0 Å². The van der Waals surface area contributed by atoms with Crippen LogP contribution in [0.25, 0.3) is 0 Å². The zero-order valence-electron chi connectivity index (χ0n) is 11.4. The van der Waals surface area contributed by atoms with Crippen molar-refractivity contribution in [2.75, 3.05) is 37.7 Å². The third kappa shape index (κ3) is 3.41. The van der Waals surface area contributed by atoms with Crippen LogP contribution in [-0.4, -0.2) is 43.8 Å². The van der Waals surface area contributed by atoms with Crippen LogP contribution in [-0.2, 0) is 4.74 Å². The number of hydrogen-bond acceptors (Lipinski definition) is 3. The fourth-order valence-corrected chi connectivity index (χ4v) is 2.51. The summed E-state index contributed by atoms with van der Waals surface area (Å²) in [5.41, 5.74) is 2.43. The molecule has 19 heavy (non-hydrogen) atoms. The lowest BCUT2D eigenvalue weighted by molar-refractivity contribution is 0.105. The van der Waals surface area contributed by atoms with Gasteiger partial charge in [-0.3, -0.25) is 0 Å². The highest BCUT2D eigenvalue weighted by atomic mass is 79.9. The highest BCUT2D eigenvalue weighted by Crippen LogP contribution is 2.24. The smallest absolute Gasteiger partial charge is 0.409 e. The Morgan fingerprint density at radius 3 is 2.58 bits per heavy atom. The lowest BCUT2D eigenvalue weighted by atomic mass is 10.2. The Bertz CT molecular complexity index is 457. The highest BCUT2D eigenvalue weighted by molar-refractivity contribution is 9.10. The van der Waals surface area contributed by atoms with E-state index in [4.69, 9.17) is 4.74 Å². The largest absolute Gasteiger partial charge is 0.450 e. The lowest BCUT2D eigenvalue weighted by Crippen LogP contribution is -2.49. The predicted octanol–water partition coefficient (Wildman–Crippen LogP) is 3.04. The fraction of sp³-hybridized carbons (Fsp3) is 0.500. The summed E-state index contributed by atoms with van der Waals surface area (Å²) in [5.74, 6) is 0. The molecule has 0 radical (unpaired) electrons. The van der Waals surface area contributed by atoms with E-state index in [9.17, 15) is 4.79 Å². The molecular formula is C14H19BrN2O2. The van der Waals surface area contributed by atoms with E-state index < -0.39 is 0 Å². The number of benzene rings is 1. The molecule has 1 aromatic rings. The first-order valence-corrected chi connectivity index (χ1v) is 7.34. The summed E-state index contributed by atoms with van der Waals surface area (Å²) in [6.07, 6.45) is -0.202. The minimum Gasteiger partial charge on any atom is -0.450 e. The maximum absolute atomic E-state index is 11.6. The molecular weight excluding hydrogens is 308 g/mol. The van der Waals surface area contributed by atoms with Crippen LogP contribution in [0.15, 0.2) is 22.7 Å². The number of rotatable bonds is 2. The van der Waals surface area contributed by atoms with Gasteiger partial charge in [-0.05, 0) is 31.5 Å². The molecule has 0 N–H and O–H groups in total. The van der Waals surface area contributed by atoms with Crippen LogP contribution in [0.2, 0.25) is 0 Å². The van der Waals surface area contributed by atoms with Gasteiger partial charge in [0, 0.05) is 36.3 Å². The molecule has 1 aliphatic heterocycles. The predicted molar refractivity (Wildman–Crippen MR) is 79.7 cm³/mol. The summed E-state index contributed by atoms with van der Waals surface area (Å²) >= 11 is 3.56. The van der Waals surface area contributed by atoms with E-state index in [-0.39, 0.29) is 6.09 Å². The maximum Gasteiger partial charge on any atom is 0.409 e. The van der Waals surface area contributed by atoms with Crippen molar-refractivity contribution in [3.8, 4) is 0 Å². The van der Waals surface area contributed by atoms with Crippen molar-refractivity contribution in [2.45, 2.75) is 13.8 Å². The van der Waals surface area contributed by atoms with E-state index in [1.54, 1.807) is 4.90 Å². The summed E-state index contributed by atoms with van der Waals surface area (Å²) in [4.78, 5) is 15.7. The molecule has 1 aliphatic rings. The number of aryl methyl sites for hydroxylation is 1. The van der Waals surface area contributed by atoms with E-state index in [2.05, 4.69) is 46.0 Å². The van der Waals surface area contributed by atoms with E-state index in [0.29, 0.717) is 19.7 Å². The Hall–Kier alpha value is -1.23. The average Bonchev–Trinajstić information content (AvgIpc) is 2.42. The summed E-state index contributed by atoms with van der Waals surface area (Å²) in [5, 5.41) is 0. The van der Waals surface area contributed by atoms with Gasteiger partial charge in [0.1, 0.15) is 0 Å². The van der Waals surface area contributed by atoms with Crippen molar-refractivity contribution in [1.82, 2.24) is 4.90 Å². The molecule has 0 unspecified atom stereocenters. The minimum absolute atomic E-state index is 0.202. The van der Waals surface area contributed by atoms with Crippen molar-refractivity contribution in [3.63, 3.8) is 0 Å². The molecule has 0 aliphatic carbocycles. The normalized spacial score (nSPS) is 15.5. The van der Waals surface area contributed by atoms with Crippen LogP contribution in [0, 0.1) is 6.92 Å². The Kier molecular flexibility index (Phi) is 4.69. The molecule has 1 fully saturated rings. The Morgan fingerprint density at radius 1 is 1.32 bits per heavy atom. The molecule has 104 valence electrons. The molecule has 0 spiro atoms. The van der Waals surface area contributed by atoms with Crippen LogP contribution >= 0.6 is 15.9 Å². The summed E-state index contributed by atoms with van der Waals surface area (Å²) in [7, 11) is 0. The number of carbonyl (C=O) groups is 1. The minimum atomic E-state index is -0.202. The van der Waals surface area contributed by atoms with Gasteiger partial charge >= 0.3 is 6.09 Å². The third-order valence-electron chi connectivity index (χ3n) is 3.33. The van der Waals surface area contributed by atoms with Gasteiger partial charge < -0.3 is 14.5 Å². The standard InChI is InChI=1S/C14H19BrN2O2/c1-3-19-14(18)17-8-6-16(7-9-17)12-5-4-11(2)13(15)10-12/h4-5,10H,3,6-9H2,1-2H3. The van der Waals surface area contributed by atoms with Crippen molar-refractivity contribution >= 4 is 27.7 Å². The molecule has 5 heteroatoms. The number of piperazine rings is 1. The van der Waals surface area contributed by atoms with Crippen LogP contribution in [0.4, 0.5) is 10.5 Å². The van der Waals surface area contributed by atoms with E-state index in [0.717, 1.165) is 17.6 Å². The van der Waals surface area contributed by atoms with Gasteiger partial charge in [0.05, 0.1) is 6.61 Å². The molecule has 0 saturated carbocycles. The second-order valence-electron chi connectivity index (χ2n) is 4.61. The zero-order chi connectivity index (χ0) is 13.8. The topological polar surface area (TPSA) is 32.8 Å². The number of carbonyl (C=O) groups excluding carboxylic acids is 1. The third-order valence-corrected chi connectivity index (χ3v) is 4.18. The number of ether oxygens (including phenoxy) is 1. The first-order chi connectivity index (χ1) is 9.11. The van der Waals surface area contributed by atoms with Gasteiger partial charge in [-0.15, -0.1) is 0 Å². The van der Waals surface area contributed by atoms with Gasteiger partial charge in [-0.25, -0.2) is 4.79 Å². The Balaban J connectivity index is 1.96. The number of anilines is 1. The SMILES string of the molecule is CCOC(=O)N1CCN(c2ccc(C)c(Br)c2)CC1. The molecule has 2 rings (SSSR count). The zero-order valence-corrected chi connectivity index (χ0v) is 12.9. The summed E-state index contributed by atoms with van der Waals surface area (Å²) in [6.45, 7) is 7.45. The summed E-state index contributed by atoms with van der Waals surface area (Å²) < 4.78 is 6.14. The number of amides is 1. The highest BCUT2D eigenvalue weighted by Gasteiger charge is 2.22. The summed E-state index contributed by atoms with van der Waals surface area (Å²) in [6, 6.07) is 6.37. The van der Waals surface area contributed by atoms with Crippen LogP contribution in [0.1, 0.15) is 12.5 Å². The molecule has 1 amide bonds. The lowest BCUT2D eigenvalue weighted by Gasteiger charge is -2.35. The molecule has 1 saturated heterocycles. The molecule has 1 heterocycles. The first-order valence-electron chi connectivity index (χ1n) is 6.54. The number of halogens is 1. The number of nitrogens with zero attached hydrogens (tertiary/aromatic N) is 2. The second-order valence-corrected chi connectivity index (χ2v) is 5.46. The quantitative estimate of drug-likeness (QED) is 0.837. The molecule has 0 atom stereocenters.